The Hall–Kier alpha value is -0.840. The molecule has 0 radical (unpaired) electrons. The predicted octanol–water partition coefficient (Wildman–Crippen LogP) is 5.12. The van der Waals surface area contributed by atoms with Crippen LogP contribution in [0.1, 0.15) is 10.4 Å². The van der Waals surface area contributed by atoms with Crippen molar-refractivity contribution in [1.82, 2.24) is 0 Å². The zero-order valence-corrected chi connectivity index (χ0v) is 13.0. The topological polar surface area (TPSA) is 29.1 Å². The van der Waals surface area contributed by atoms with E-state index in [1.807, 2.05) is 24.3 Å². The molecule has 1 N–H and O–H groups in total. The summed E-state index contributed by atoms with van der Waals surface area (Å²) in [6.07, 6.45) is 0. The van der Waals surface area contributed by atoms with E-state index in [2.05, 4.69) is 37.2 Å². The van der Waals surface area contributed by atoms with Crippen LogP contribution in [0.5, 0.6) is 0 Å². The van der Waals surface area contributed by atoms with Crippen molar-refractivity contribution in [3.63, 3.8) is 0 Å². The number of anilines is 1. The van der Waals surface area contributed by atoms with Gasteiger partial charge in [-0.15, -0.1) is 0 Å². The molecule has 1 amide bonds. The van der Waals surface area contributed by atoms with Crippen LogP contribution in [0.2, 0.25) is 5.02 Å². The third-order valence-corrected chi connectivity index (χ3v) is 3.64. The Labute approximate surface area is 127 Å². The second-order valence-electron chi connectivity index (χ2n) is 3.59. The number of hydrogen-bond donors (Lipinski definition) is 1. The van der Waals surface area contributed by atoms with Gasteiger partial charge in [0.15, 0.2) is 0 Å². The van der Waals surface area contributed by atoms with Gasteiger partial charge in [0, 0.05) is 19.7 Å². The van der Waals surface area contributed by atoms with Gasteiger partial charge >= 0.3 is 0 Å². The molecule has 2 aromatic carbocycles. The Kier molecular flexibility index (Phi) is 4.43. The molecule has 0 unspecified atom stereocenters. The van der Waals surface area contributed by atoms with Gasteiger partial charge in [-0.3, -0.25) is 4.79 Å². The third-order valence-electron chi connectivity index (χ3n) is 2.26. The molecule has 0 fully saturated rings. The fraction of sp³-hybridized carbons (Fsp3) is 0. The van der Waals surface area contributed by atoms with Crippen molar-refractivity contribution < 1.29 is 4.79 Å². The van der Waals surface area contributed by atoms with Crippen LogP contribution in [0.4, 0.5) is 5.69 Å². The Bertz CT molecular complexity index is 601. The lowest BCUT2D eigenvalue weighted by molar-refractivity contribution is 0.102. The monoisotopic (exact) mass is 387 g/mol. The SMILES string of the molecule is O=C(Nc1cccc(Br)c1)c1ccc(Cl)cc1Br. The number of halogens is 3. The van der Waals surface area contributed by atoms with Crippen molar-refractivity contribution in [2.45, 2.75) is 0 Å². The Morgan fingerprint density at radius 2 is 1.89 bits per heavy atom. The van der Waals surface area contributed by atoms with E-state index >= 15 is 0 Å². The van der Waals surface area contributed by atoms with Gasteiger partial charge in [0.05, 0.1) is 5.56 Å². The van der Waals surface area contributed by atoms with Crippen molar-refractivity contribution in [2.24, 2.45) is 0 Å². The van der Waals surface area contributed by atoms with Gasteiger partial charge in [-0.2, -0.15) is 0 Å². The molecule has 2 nitrogen and oxygen atoms in total. The lowest BCUT2D eigenvalue weighted by Gasteiger charge is -2.07. The van der Waals surface area contributed by atoms with Gasteiger partial charge in [-0.25, -0.2) is 0 Å². The van der Waals surface area contributed by atoms with Gasteiger partial charge < -0.3 is 5.32 Å². The summed E-state index contributed by atoms with van der Waals surface area (Å²) < 4.78 is 1.58. The molecule has 5 heteroatoms. The summed E-state index contributed by atoms with van der Waals surface area (Å²) in [4.78, 5) is 12.1. The van der Waals surface area contributed by atoms with Gasteiger partial charge in [0.25, 0.3) is 5.91 Å². The van der Waals surface area contributed by atoms with Crippen molar-refractivity contribution in [2.75, 3.05) is 5.32 Å². The minimum Gasteiger partial charge on any atom is -0.322 e. The van der Waals surface area contributed by atoms with Gasteiger partial charge in [-0.1, -0.05) is 33.6 Å². The van der Waals surface area contributed by atoms with E-state index < -0.39 is 0 Å². The molecule has 0 aliphatic carbocycles. The first-order chi connectivity index (χ1) is 8.56. The highest BCUT2D eigenvalue weighted by Crippen LogP contribution is 2.23. The summed E-state index contributed by atoms with van der Waals surface area (Å²) in [6.45, 7) is 0. The van der Waals surface area contributed by atoms with Crippen molar-refractivity contribution in [3.8, 4) is 0 Å². The minimum absolute atomic E-state index is 0.184. The van der Waals surface area contributed by atoms with Crippen LogP contribution in [-0.4, -0.2) is 5.91 Å². The Morgan fingerprint density at radius 1 is 1.11 bits per heavy atom. The quantitative estimate of drug-likeness (QED) is 0.759. The largest absolute Gasteiger partial charge is 0.322 e. The van der Waals surface area contributed by atoms with Crippen LogP contribution in [0.15, 0.2) is 51.4 Å². The molecule has 18 heavy (non-hydrogen) atoms. The fourth-order valence-electron chi connectivity index (χ4n) is 1.44. The van der Waals surface area contributed by atoms with E-state index in [0.29, 0.717) is 15.1 Å². The van der Waals surface area contributed by atoms with Crippen LogP contribution < -0.4 is 5.32 Å². The van der Waals surface area contributed by atoms with E-state index in [1.165, 1.54) is 0 Å². The average Bonchev–Trinajstić information content (AvgIpc) is 2.28. The van der Waals surface area contributed by atoms with E-state index in [4.69, 9.17) is 11.6 Å². The van der Waals surface area contributed by atoms with Crippen LogP contribution in [0.3, 0.4) is 0 Å². The highest BCUT2D eigenvalue weighted by molar-refractivity contribution is 9.10. The maximum atomic E-state index is 12.1. The normalized spacial score (nSPS) is 10.2. The second-order valence-corrected chi connectivity index (χ2v) is 5.80. The number of nitrogens with one attached hydrogen (secondary N) is 1. The number of rotatable bonds is 2. The first kappa shape index (κ1) is 13.6. The molecule has 92 valence electrons. The van der Waals surface area contributed by atoms with Crippen LogP contribution in [0.25, 0.3) is 0 Å². The molecular formula is C13H8Br2ClNO. The van der Waals surface area contributed by atoms with Crippen molar-refractivity contribution >= 4 is 55.1 Å². The van der Waals surface area contributed by atoms with E-state index in [9.17, 15) is 4.79 Å². The maximum absolute atomic E-state index is 12.1. The Balaban J connectivity index is 2.22. The lowest BCUT2D eigenvalue weighted by atomic mass is 10.2. The standard InChI is InChI=1S/C13H8Br2ClNO/c14-8-2-1-3-10(6-8)17-13(18)11-5-4-9(16)7-12(11)15/h1-7H,(H,17,18). The van der Waals surface area contributed by atoms with Crippen LogP contribution in [0, 0.1) is 0 Å². The summed E-state index contributed by atoms with van der Waals surface area (Å²) in [7, 11) is 0. The highest BCUT2D eigenvalue weighted by Gasteiger charge is 2.10. The zero-order valence-electron chi connectivity index (χ0n) is 9.08. The molecular weight excluding hydrogens is 381 g/mol. The summed E-state index contributed by atoms with van der Waals surface area (Å²) in [6, 6.07) is 12.5. The third kappa shape index (κ3) is 3.34. The predicted molar refractivity (Wildman–Crippen MR) is 81.2 cm³/mol. The molecule has 0 aromatic heterocycles. The highest BCUT2D eigenvalue weighted by atomic mass is 79.9. The van der Waals surface area contributed by atoms with Crippen LogP contribution >= 0.6 is 43.5 Å². The number of carbonyl (C=O) groups excluding carboxylic acids is 1. The average molecular weight is 389 g/mol. The van der Waals surface area contributed by atoms with E-state index in [1.54, 1.807) is 18.2 Å². The number of hydrogen-bond acceptors (Lipinski definition) is 1. The number of benzene rings is 2. The first-order valence-corrected chi connectivity index (χ1v) is 7.04. The summed E-state index contributed by atoms with van der Waals surface area (Å²) in [5.74, 6) is -0.184. The second kappa shape index (κ2) is 5.87. The molecule has 0 heterocycles. The summed E-state index contributed by atoms with van der Waals surface area (Å²) in [5, 5.41) is 3.40. The summed E-state index contributed by atoms with van der Waals surface area (Å²) in [5.41, 5.74) is 1.27. The number of amides is 1. The van der Waals surface area contributed by atoms with Crippen LogP contribution in [-0.2, 0) is 0 Å². The van der Waals surface area contributed by atoms with Gasteiger partial charge in [0.1, 0.15) is 0 Å². The molecule has 0 spiro atoms. The van der Waals surface area contributed by atoms with E-state index in [0.717, 1.165) is 10.2 Å². The lowest BCUT2D eigenvalue weighted by Crippen LogP contribution is -2.12. The van der Waals surface area contributed by atoms with Crippen molar-refractivity contribution in [1.29, 1.82) is 0 Å². The molecule has 0 aliphatic heterocycles. The maximum Gasteiger partial charge on any atom is 0.256 e. The van der Waals surface area contributed by atoms with Gasteiger partial charge in [-0.05, 0) is 52.3 Å². The minimum atomic E-state index is -0.184. The molecule has 0 saturated heterocycles. The molecule has 0 atom stereocenters. The van der Waals surface area contributed by atoms with Crippen molar-refractivity contribution in [3.05, 3.63) is 62.0 Å². The zero-order chi connectivity index (χ0) is 13.1. The Morgan fingerprint density at radius 3 is 2.56 bits per heavy atom. The molecule has 0 bridgehead atoms. The number of carbonyl (C=O) groups is 1. The van der Waals surface area contributed by atoms with Gasteiger partial charge in [0.2, 0.25) is 0 Å². The molecule has 2 aromatic rings. The smallest absolute Gasteiger partial charge is 0.256 e. The fourth-order valence-corrected chi connectivity index (χ4v) is 2.70. The first-order valence-electron chi connectivity index (χ1n) is 5.08. The molecule has 0 aliphatic rings. The summed E-state index contributed by atoms with van der Waals surface area (Å²) >= 11 is 12.5. The van der Waals surface area contributed by atoms with E-state index in [-0.39, 0.29) is 5.91 Å². The molecule has 0 saturated carbocycles. The molecule has 2 rings (SSSR count).